The first-order chi connectivity index (χ1) is 17.0. The minimum absolute atomic E-state index is 0.141. The van der Waals surface area contributed by atoms with Gasteiger partial charge in [0.1, 0.15) is 10.0 Å². The molecule has 0 fully saturated rings. The summed E-state index contributed by atoms with van der Waals surface area (Å²) in [5.74, 6) is 0.661. The molecular weight excluding hydrogens is 487 g/mol. The molecule has 10 heteroatoms. The summed E-state index contributed by atoms with van der Waals surface area (Å²) in [5, 5.41) is 14.2. The molecule has 5 rings (SSSR count). The molecule has 0 atom stereocenters. The van der Waals surface area contributed by atoms with Crippen LogP contribution in [0.2, 0.25) is 10.0 Å². The fraction of sp³-hybridized carbons (Fsp3) is 0.0800. The Hall–Kier alpha value is -4.01. The summed E-state index contributed by atoms with van der Waals surface area (Å²) in [4.78, 5) is 24.2. The predicted octanol–water partition coefficient (Wildman–Crippen LogP) is 4.26. The topological polar surface area (TPSA) is 98.5 Å². The minimum Gasteiger partial charge on any atom is -0.266 e. The van der Waals surface area contributed by atoms with Crippen molar-refractivity contribution in [3.8, 4) is 22.5 Å². The van der Waals surface area contributed by atoms with Crippen LogP contribution in [0.4, 0.5) is 0 Å². The van der Waals surface area contributed by atoms with Gasteiger partial charge in [-0.25, -0.2) is 9.36 Å². The average molecular weight is 505 g/mol. The van der Waals surface area contributed by atoms with Crippen molar-refractivity contribution in [2.45, 2.75) is 13.1 Å². The molecule has 2 heterocycles. The van der Waals surface area contributed by atoms with Gasteiger partial charge in [-0.15, -0.1) is 5.10 Å². The third kappa shape index (κ3) is 4.66. The molecule has 0 bridgehead atoms. The van der Waals surface area contributed by atoms with Crippen LogP contribution >= 0.6 is 23.2 Å². The Labute approximate surface area is 209 Å². The molecule has 35 heavy (non-hydrogen) atoms. The highest BCUT2D eigenvalue weighted by atomic mass is 35.5. The highest BCUT2D eigenvalue weighted by Gasteiger charge is 2.15. The van der Waals surface area contributed by atoms with Crippen molar-refractivity contribution in [1.29, 1.82) is 0 Å². The zero-order valence-electron chi connectivity index (χ0n) is 18.2. The maximum absolute atomic E-state index is 12.3. The molecule has 174 valence electrons. The van der Waals surface area contributed by atoms with E-state index in [1.54, 1.807) is 4.68 Å². The number of hydrogen-bond acceptors (Lipinski definition) is 5. The molecule has 0 radical (unpaired) electrons. The number of tetrazole rings is 1. The molecule has 2 aromatic heterocycles. The number of H-pyrrole nitrogens is 1. The van der Waals surface area contributed by atoms with Crippen molar-refractivity contribution >= 4 is 23.2 Å². The highest BCUT2D eigenvalue weighted by Crippen LogP contribution is 2.31. The zero-order valence-corrected chi connectivity index (χ0v) is 19.7. The molecule has 8 nitrogen and oxygen atoms in total. The SMILES string of the molecule is O=c1[nH]n(Cc2ccc(-c3ccccc3-c3nnnn3Cc3ccccc3)cc2)c(=O)c(Cl)c1Cl. The van der Waals surface area contributed by atoms with Gasteiger partial charge in [-0.3, -0.25) is 14.7 Å². The fourth-order valence-corrected chi connectivity index (χ4v) is 4.12. The van der Waals surface area contributed by atoms with Crippen LogP contribution in [-0.4, -0.2) is 30.0 Å². The molecule has 0 amide bonds. The standard InChI is InChI=1S/C25H18Cl2N6O2/c26-21-22(27)25(35)33(29-24(21)34)15-17-10-12-18(13-11-17)19-8-4-5-9-20(19)23-28-30-31-32(23)14-16-6-2-1-3-7-16/h1-13H,14-15H2,(H,29,34). The lowest BCUT2D eigenvalue weighted by atomic mass is 9.98. The zero-order chi connectivity index (χ0) is 24.4. The van der Waals surface area contributed by atoms with Crippen LogP contribution in [0.1, 0.15) is 11.1 Å². The maximum atomic E-state index is 12.3. The lowest BCUT2D eigenvalue weighted by Gasteiger charge is -2.11. The Bertz CT molecular complexity index is 1610. The molecule has 0 spiro atoms. The quantitative estimate of drug-likeness (QED) is 0.372. The van der Waals surface area contributed by atoms with Crippen LogP contribution in [0.15, 0.2) is 88.5 Å². The van der Waals surface area contributed by atoms with E-state index in [4.69, 9.17) is 23.2 Å². The van der Waals surface area contributed by atoms with Gasteiger partial charge < -0.3 is 0 Å². The van der Waals surface area contributed by atoms with Crippen LogP contribution in [0.25, 0.3) is 22.5 Å². The van der Waals surface area contributed by atoms with Gasteiger partial charge in [-0.2, -0.15) is 0 Å². The number of benzene rings is 3. The molecule has 3 aromatic carbocycles. The van der Waals surface area contributed by atoms with Gasteiger partial charge in [-0.05, 0) is 32.7 Å². The fourth-order valence-electron chi connectivity index (χ4n) is 3.81. The summed E-state index contributed by atoms with van der Waals surface area (Å²) in [5.41, 5.74) is 3.53. The molecule has 0 saturated carbocycles. The number of nitrogens with zero attached hydrogens (tertiary/aromatic N) is 5. The van der Waals surface area contributed by atoms with Gasteiger partial charge in [0.25, 0.3) is 11.1 Å². The van der Waals surface area contributed by atoms with Gasteiger partial charge in [0.15, 0.2) is 5.82 Å². The normalized spacial score (nSPS) is 11.0. The van der Waals surface area contributed by atoms with Crippen LogP contribution < -0.4 is 11.1 Å². The van der Waals surface area contributed by atoms with E-state index in [-0.39, 0.29) is 16.6 Å². The Morgan fingerprint density at radius 3 is 2.14 bits per heavy atom. The Morgan fingerprint density at radius 2 is 1.40 bits per heavy atom. The number of rotatable bonds is 6. The number of hydrogen-bond donors (Lipinski definition) is 1. The third-order valence-electron chi connectivity index (χ3n) is 5.54. The largest absolute Gasteiger partial charge is 0.285 e. The molecule has 0 aliphatic carbocycles. The molecule has 0 aliphatic rings. The van der Waals surface area contributed by atoms with E-state index in [2.05, 4.69) is 20.6 Å². The van der Waals surface area contributed by atoms with Crippen molar-refractivity contribution in [3.05, 3.63) is 121 Å². The van der Waals surface area contributed by atoms with Gasteiger partial charge in [0.2, 0.25) is 0 Å². The lowest BCUT2D eigenvalue weighted by Crippen LogP contribution is -2.30. The van der Waals surface area contributed by atoms with Gasteiger partial charge >= 0.3 is 0 Å². The van der Waals surface area contributed by atoms with Gasteiger partial charge in [-0.1, -0.05) is 102 Å². The molecule has 5 aromatic rings. The van der Waals surface area contributed by atoms with Crippen molar-refractivity contribution < 1.29 is 0 Å². The Kier molecular flexibility index (Phi) is 6.31. The molecule has 0 saturated heterocycles. The van der Waals surface area contributed by atoms with Crippen LogP contribution in [0.3, 0.4) is 0 Å². The molecule has 1 N–H and O–H groups in total. The predicted molar refractivity (Wildman–Crippen MR) is 135 cm³/mol. The Morgan fingerprint density at radius 1 is 0.743 bits per heavy atom. The summed E-state index contributed by atoms with van der Waals surface area (Å²) in [6.07, 6.45) is 0. The molecule has 0 aliphatic heterocycles. The van der Waals surface area contributed by atoms with Crippen molar-refractivity contribution in [2.24, 2.45) is 0 Å². The van der Waals surface area contributed by atoms with Gasteiger partial charge in [0.05, 0.1) is 13.1 Å². The number of nitrogens with one attached hydrogen (secondary N) is 1. The van der Waals surface area contributed by atoms with E-state index < -0.39 is 11.1 Å². The summed E-state index contributed by atoms with van der Waals surface area (Å²) < 4.78 is 2.91. The van der Waals surface area contributed by atoms with Crippen LogP contribution in [-0.2, 0) is 13.1 Å². The van der Waals surface area contributed by atoms with Gasteiger partial charge in [0, 0.05) is 5.56 Å². The minimum atomic E-state index is -0.616. The van der Waals surface area contributed by atoms with E-state index in [0.29, 0.717) is 12.4 Å². The highest BCUT2D eigenvalue weighted by molar-refractivity contribution is 6.41. The van der Waals surface area contributed by atoms with Crippen LogP contribution in [0, 0.1) is 0 Å². The van der Waals surface area contributed by atoms with E-state index in [0.717, 1.165) is 32.5 Å². The second kappa shape index (κ2) is 9.69. The second-order valence-electron chi connectivity index (χ2n) is 7.85. The summed E-state index contributed by atoms with van der Waals surface area (Å²) >= 11 is 11.6. The Balaban J connectivity index is 1.45. The summed E-state index contributed by atoms with van der Waals surface area (Å²) in [6.45, 7) is 0.690. The first kappa shape index (κ1) is 22.8. The first-order valence-corrected chi connectivity index (χ1v) is 11.4. The van der Waals surface area contributed by atoms with Crippen LogP contribution in [0.5, 0.6) is 0 Å². The molecule has 0 unspecified atom stereocenters. The van der Waals surface area contributed by atoms with E-state index in [1.807, 2.05) is 78.9 Å². The monoisotopic (exact) mass is 504 g/mol. The second-order valence-corrected chi connectivity index (χ2v) is 8.60. The van der Waals surface area contributed by atoms with E-state index in [1.165, 1.54) is 0 Å². The first-order valence-electron chi connectivity index (χ1n) is 10.7. The van der Waals surface area contributed by atoms with E-state index >= 15 is 0 Å². The van der Waals surface area contributed by atoms with Crippen molar-refractivity contribution in [3.63, 3.8) is 0 Å². The number of halogens is 2. The van der Waals surface area contributed by atoms with Crippen molar-refractivity contribution in [2.75, 3.05) is 0 Å². The number of aromatic nitrogens is 6. The van der Waals surface area contributed by atoms with E-state index in [9.17, 15) is 9.59 Å². The third-order valence-corrected chi connectivity index (χ3v) is 6.35. The molecular formula is C25H18Cl2N6O2. The average Bonchev–Trinajstić information content (AvgIpc) is 3.35. The smallest absolute Gasteiger partial charge is 0.266 e. The lowest BCUT2D eigenvalue weighted by molar-refractivity contribution is 0.628. The summed E-state index contributed by atoms with van der Waals surface area (Å²) in [7, 11) is 0. The number of aromatic amines is 1. The summed E-state index contributed by atoms with van der Waals surface area (Å²) in [6, 6.07) is 25.5. The van der Waals surface area contributed by atoms with Crippen molar-refractivity contribution in [1.82, 2.24) is 30.0 Å². The maximum Gasteiger partial charge on any atom is 0.285 e.